The fourth-order valence-corrected chi connectivity index (χ4v) is 2.71. The van der Waals surface area contributed by atoms with Crippen LogP contribution in [0, 0.1) is 6.92 Å². The Morgan fingerprint density at radius 2 is 1.55 bits per heavy atom. The zero-order valence-corrected chi connectivity index (χ0v) is 14.3. The van der Waals surface area contributed by atoms with Gasteiger partial charge in [-0.1, -0.05) is 32.9 Å². The molecule has 1 aliphatic rings. The van der Waals surface area contributed by atoms with Crippen molar-refractivity contribution < 1.29 is 9.59 Å². The second-order valence-electron chi connectivity index (χ2n) is 7.08. The van der Waals surface area contributed by atoms with Crippen LogP contribution in [0.5, 0.6) is 0 Å². The molecule has 2 amide bonds. The van der Waals surface area contributed by atoms with Gasteiger partial charge in [0.1, 0.15) is 0 Å². The van der Waals surface area contributed by atoms with Crippen molar-refractivity contribution in [2.24, 2.45) is 0 Å². The molecule has 1 heterocycles. The molecule has 4 nitrogen and oxygen atoms in total. The third kappa shape index (κ3) is 3.49. The van der Waals surface area contributed by atoms with Crippen LogP contribution in [0.2, 0.25) is 0 Å². The summed E-state index contributed by atoms with van der Waals surface area (Å²) in [6.07, 6.45) is 0. The molecule has 0 saturated carbocycles. The predicted molar refractivity (Wildman–Crippen MR) is 88.0 cm³/mol. The molecule has 1 aromatic rings. The van der Waals surface area contributed by atoms with Gasteiger partial charge in [-0.3, -0.25) is 9.59 Å². The summed E-state index contributed by atoms with van der Waals surface area (Å²) >= 11 is 0. The summed E-state index contributed by atoms with van der Waals surface area (Å²) in [4.78, 5) is 27.8. The lowest BCUT2D eigenvalue weighted by atomic mass is 9.85. The van der Waals surface area contributed by atoms with Crippen LogP contribution in [0.1, 0.15) is 49.2 Å². The van der Waals surface area contributed by atoms with Crippen LogP contribution in [0.25, 0.3) is 0 Å². The molecule has 2 rings (SSSR count). The van der Waals surface area contributed by atoms with E-state index in [1.165, 1.54) is 5.56 Å². The van der Waals surface area contributed by atoms with Crippen LogP contribution in [0.4, 0.5) is 0 Å². The van der Waals surface area contributed by atoms with Gasteiger partial charge in [0.25, 0.3) is 5.91 Å². The number of carbonyl (C=O) groups excluding carboxylic acids is 2. The summed E-state index contributed by atoms with van der Waals surface area (Å²) in [6, 6.07) is 6.15. The Morgan fingerprint density at radius 3 is 2.05 bits per heavy atom. The Morgan fingerprint density at radius 1 is 1.00 bits per heavy atom. The van der Waals surface area contributed by atoms with Crippen molar-refractivity contribution in [3.05, 3.63) is 34.9 Å². The number of rotatable bonds is 1. The molecule has 1 aliphatic heterocycles. The lowest BCUT2D eigenvalue weighted by Crippen LogP contribution is -2.50. The zero-order valence-electron chi connectivity index (χ0n) is 14.3. The Kier molecular flexibility index (Phi) is 4.59. The van der Waals surface area contributed by atoms with E-state index in [0.717, 1.165) is 11.1 Å². The van der Waals surface area contributed by atoms with E-state index in [4.69, 9.17) is 0 Å². The minimum absolute atomic E-state index is 0.0239. The van der Waals surface area contributed by atoms with Crippen LogP contribution >= 0.6 is 0 Å². The van der Waals surface area contributed by atoms with Gasteiger partial charge in [0, 0.05) is 38.7 Å². The predicted octanol–water partition coefficient (Wildman–Crippen LogP) is 2.60. The summed E-state index contributed by atoms with van der Waals surface area (Å²) in [6.45, 7) is 12.5. The van der Waals surface area contributed by atoms with Gasteiger partial charge in [-0.25, -0.2) is 0 Å². The van der Waals surface area contributed by atoms with Crippen molar-refractivity contribution >= 4 is 11.8 Å². The minimum atomic E-state index is 0.0239. The Hall–Kier alpha value is -1.84. The number of piperazine rings is 1. The maximum Gasteiger partial charge on any atom is 0.254 e. The smallest absolute Gasteiger partial charge is 0.254 e. The largest absolute Gasteiger partial charge is 0.339 e. The molecule has 0 unspecified atom stereocenters. The SMILES string of the molecule is CC(=O)N1CCN(C(=O)c2cc(C(C)(C)C)ccc2C)CC1. The van der Waals surface area contributed by atoms with Crippen molar-refractivity contribution in [1.29, 1.82) is 0 Å². The molecule has 0 radical (unpaired) electrons. The minimum Gasteiger partial charge on any atom is -0.339 e. The van der Waals surface area contributed by atoms with E-state index in [-0.39, 0.29) is 17.2 Å². The third-order valence-corrected chi connectivity index (χ3v) is 4.35. The molecule has 0 atom stereocenters. The highest BCUT2D eigenvalue weighted by atomic mass is 16.2. The van der Waals surface area contributed by atoms with E-state index in [1.54, 1.807) is 11.8 Å². The average molecular weight is 302 g/mol. The number of nitrogens with zero attached hydrogens (tertiary/aromatic N) is 2. The molecule has 1 aromatic carbocycles. The highest BCUT2D eigenvalue weighted by Crippen LogP contribution is 2.25. The maximum absolute atomic E-state index is 12.8. The molecule has 1 fully saturated rings. The standard InChI is InChI=1S/C18H26N2O2/c1-13-6-7-15(18(3,4)5)12-16(13)17(22)20-10-8-19(9-11-20)14(2)21/h6-7,12H,8-11H2,1-5H3. The van der Waals surface area contributed by atoms with Crippen LogP contribution in [0.15, 0.2) is 18.2 Å². The normalized spacial score (nSPS) is 15.9. The Labute approximate surface area is 133 Å². The van der Waals surface area contributed by atoms with Gasteiger partial charge < -0.3 is 9.80 Å². The van der Waals surface area contributed by atoms with E-state index in [0.29, 0.717) is 26.2 Å². The van der Waals surface area contributed by atoms with Gasteiger partial charge in [-0.05, 0) is 29.5 Å². The number of aryl methyl sites for hydroxylation is 1. The van der Waals surface area contributed by atoms with Gasteiger partial charge >= 0.3 is 0 Å². The van der Waals surface area contributed by atoms with Crippen LogP contribution in [0.3, 0.4) is 0 Å². The van der Waals surface area contributed by atoms with Crippen molar-refractivity contribution in [1.82, 2.24) is 9.80 Å². The van der Waals surface area contributed by atoms with Gasteiger partial charge in [-0.2, -0.15) is 0 Å². The molecular formula is C18H26N2O2. The van der Waals surface area contributed by atoms with Crippen LogP contribution in [-0.2, 0) is 10.2 Å². The summed E-state index contributed by atoms with van der Waals surface area (Å²) in [7, 11) is 0. The Bertz CT molecular complexity index is 579. The highest BCUT2D eigenvalue weighted by molar-refractivity contribution is 5.96. The monoisotopic (exact) mass is 302 g/mol. The van der Waals surface area contributed by atoms with E-state index < -0.39 is 0 Å². The second-order valence-corrected chi connectivity index (χ2v) is 7.08. The summed E-state index contributed by atoms with van der Waals surface area (Å²) in [5.74, 6) is 0.157. The van der Waals surface area contributed by atoms with Gasteiger partial charge in [0.2, 0.25) is 5.91 Å². The lowest BCUT2D eigenvalue weighted by Gasteiger charge is -2.34. The van der Waals surface area contributed by atoms with Crippen LogP contribution in [-0.4, -0.2) is 47.8 Å². The van der Waals surface area contributed by atoms with Crippen molar-refractivity contribution in [3.63, 3.8) is 0 Å². The summed E-state index contributed by atoms with van der Waals surface area (Å²) in [5.41, 5.74) is 2.98. The number of amides is 2. The van der Waals surface area contributed by atoms with E-state index in [2.05, 4.69) is 26.8 Å². The lowest BCUT2D eigenvalue weighted by molar-refractivity contribution is -0.130. The van der Waals surface area contributed by atoms with E-state index in [1.807, 2.05) is 24.0 Å². The first-order chi connectivity index (χ1) is 10.2. The molecule has 0 aliphatic carbocycles. The number of hydrogen-bond acceptors (Lipinski definition) is 2. The first-order valence-electron chi connectivity index (χ1n) is 7.86. The summed E-state index contributed by atoms with van der Waals surface area (Å²) in [5, 5.41) is 0. The first-order valence-corrected chi connectivity index (χ1v) is 7.86. The fraction of sp³-hybridized carbons (Fsp3) is 0.556. The molecule has 120 valence electrons. The third-order valence-electron chi connectivity index (χ3n) is 4.35. The number of hydrogen-bond donors (Lipinski definition) is 0. The van der Waals surface area contributed by atoms with E-state index >= 15 is 0 Å². The molecule has 22 heavy (non-hydrogen) atoms. The Balaban J connectivity index is 2.18. The molecule has 0 aromatic heterocycles. The quantitative estimate of drug-likeness (QED) is 0.800. The first kappa shape index (κ1) is 16.5. The van der Waals surface area contributed by atoms with Gasteiger partial charge in [0.15, 0.2) is 0 Å². The maximum atomic E-state index is 12.8. The second kappa shape index (κ2) is 6.11. The molecule has 1 saturated heterocycles. The molecule has 4 heteroatoms. The average Bonchev–Trinajstić information content (AvgIpc) is 2.46. The van der Waals surface area contributed by atoms with Crippen molar-refractivity contribution in [2.45, 2.75) is 40.0 Å². The van der Waals surface area contributed by atoms with Gasteiger partial charge in [-0.15, -0.1) is 0 Å². The van der Waals surface area contributed by atoms with Crippen molar-refractivity contribution in [3.8, 4) is 0 Å². The highest BCUT2D eigenvalue weighted by Gasteiger charge is 2.25. The molecule has 0 bridgehead atoms. The fourth-order valence-electron chi connectivity index (χ4n) is 2.71. The topological polar surface area (TPSA) is 40.6 Å². The zero-order chi connectivity index (χ0) is 16.5. The molecular weight excluding hydrogens is 276 g/mol. The van der Waals surface area contributed by atoms with Crippen molar-refractivity contribution in [2.75, 3.05) is 26.2 Å². The van der Waals surface area contributed by atoms with Gasteiger partial charge in [0.05, 0.1) is 0 Å². The number of benzene rings is 1. The van der Waals surface area contributed by atoms with E-state index in [9.17, 15) is 9.59 Å². The molecule has 0 spiro atoms. The number of carbonyl (C=O) groups is 2. The molecule has 0 N–H and O–H groups in total. The van der Waals surface area contributed by atoms with Crippen LogP contribution < -0.4 is 0 Å². The summed E-state index contributed by atoms with van der Waals surface area (Å²) < 4.78 is 0.